The van der Waals surface area contributed by atoms with Crippen molar-refractivity contribution in [3.8, 4) is 0 Å². The van der Waals surface area contributed by atoms with E-state index < -0.39 is 0 Å². The maximum absolute atomic E-state index is 13.5. The molecule has 0 spiro atoms. The lowest BCUT2D eigenvalue weighted by Crippen LogP contribution is -2.46. The molecule has 0 atom stereocenters. The molecule has 1 aliphatic rings. The van der Waals surface area contributed by atoms with Crippen LogP contribution in [0.4, 0.5) is 4.39 Å². The third kappa shape index (κ3) is 4.06. The number of piperazine rings is 1. The minimum atomic E-state index is -0.343. The van der Waals surface area contributed by atoms with E-state index in [0.717, 1.165) is 51.5 Å². The highest BCUT2D eigenvalue weighted by Gasteiger charge is 2.18. The summed E-state index contributed by atoms with van der Waals surface area (Å²) in [7, 11) is 0. The number of rotatable bonds is 5. The Kier molecular flexibility index (Phi) is 5.20. The van der Waals surface area contributed by atoms with Gasteiger partial charge in [0.25, 0.3) is 0 Å². The van der Waals surface area contributed by atoms with Gasteiger partial charge in [-0.15, -0.1) is 0 Å². The molecule has 3 aromatic rings. The molecule has 2 aromatic carbocycles. The smallest absolute Gasteiger partial charge is 0.126 e. The summed E-state index contributed by atoms with van der Waals surface area (Å²) < 4.78 is 13.5. The molecule has 0 saturated carbocycles. The number of aromatic nitrogens is 2. The van der Waals surface area contributed by atoms with Crippen molar-refractivity contribution in [1.82, 2.24) is 19.8 Å². The number of nitrogens with one attached hydrogen (secondary N) is 1. The van der Waals surface area contributed by atoms with Gasteiger partial charge < -0.3 is 9.88 Å². The second-order valence-electron chi connectivity index (χ2n) is 6.82. The molecule has 1 aromatic heterocycles. The van der Waals surface area contributed by atoms with E-state index in [4.69, 9.17) is 11.6 Å². The van der Waals surface area contributed by atoms with Gasteiger partial charge in [0.05, 0.1) is 17.1 Å². The topological polar surface area (TPSA) is 35.2 Å². The van der Waals surface area contributed by atoms with Crippen molar-refractivity contribution in [3.63, 3.8) is 0 Å². The molecule has 6 heteroatoms. The van der Waals surface area contributed by atoms with E-state index in [2.05, 4.69) is 50.1 Å². The van der Waals surface area contributed by atoms with Crippen LogP contribution in [0, 0.1) is 5.82 Å². The minimum Gasteiger partial charge on any atom is -0.341 e. The molecule has 4 nitrogen and oxygen atoms in total. The van der Waals surface area contributed by atoms with Crippen molar-refractivity contribution in [2.45, 2.75) is 13.0 Å². The second kappa shape index (κ2) is 7.74. The first kappa shape index (κ1) is 17.5. The molecular formula is C20H22ClFN4. The van der Waals surface area contributed by atoms with Crippen LogP contribution in [0.1, 0.15) is 11.4 Å². The van der Waals surface area contributed by atoms with Crippen molar-refractivity contribution in [2.75, 3.05) is 32.7 Å². The van der Waals surface area contributed by atoms with Crippen LogP contribution in [0.15, 0.2) is 42.5 Å². The fourth-order valence-corrected chi connectivity index (χ4v) is 3.73. The fraction of sp³-hybridized carbons (Fsp3) is 0.350. The van der Waals surface area contributed by atoms with Crippen molar-refractivity contribution >= 4 is 22.6 Å². The van der Waals surface area contributed by atoms with Crippen molar-refractivity contribution < 1.29 is 4.39 Å². The van der Waals surface area contributed by atoms with Gasteiger partial charge in [0.1, 0.15) is 17.2 Å². The Morgan fingerprint density at radius 3 is 2.54 bits per heavy atom. The Morgan fingerprint density at radius 1 is 1.04 bits per heavy atom. The Balaban J connectivity index is 1.30. The largest absolute Gasteiger partial charge is 0.341 e. The fourth-order valence-electron chi connectivity index (χ4n) is 3.48. The standard InChI is InChI=1S/C20H22ClFN4/c21-17-12-16(22)13-18-20(17)24-19(23-18)14-26-10-8-25(9-11-26)7-6-15-4-2-1-3-5-15/h1-5,12-13H,6-11,14H2,(H,23,24). The van der Waals surface area contributed by atoms with E-state index in [1.165, 1.54) is 17.7 Å². The monoisotopic (exact) mass is 372 g/mol. The third-order valence-corrected chi connectivity index (χ3v) is 5.24. The number of halogens is 2. The molecule has 0 aliphatic carbocycles. The van der Waals surface area contributed by atoms with Crippen molar-refractivity contribution in [2.24, 2.45) is 0 Å². The van der Waals surface area contributed by atoms with E-state index in [9.17, 15) is 4.39 Å². The highest BCUT2D eigenvalue weighted by atomic mass is 35.5. The maximum Gasteiger partial charge on any atom is 0.126 e. The number of hydrogen-bond acceptors (Lipinski definition) is 3. The summed E-state index contributed by atoms with van der Waals surface area (Å²) in [5.41, 5.74) is 2.69. The van der Waals surface area contributed by atoms with Crippen LogP contribution < -0.4 is 0 Å². The highest BCUT2D eigenvalue weighted by Crippen LogP contribution is 2.23. The Bertz CT molecular complexity index is 872. The average molecular weight is 373 g/mol. The van der Waals surface area contributed by atoms with Crippen LogP contribution in [0.5, 0.6) is 0 Å². The van der Waals surface area contributed by atoms with E-state index in [1.807, 2.05) is 0 Å². The maximum atomic E-state index is 13.5. The predicted molar refractivity (Wildman–Crippen MR) is 103 cm³/mol. The highest BCUT2D eigenvalue weighted by molar-refractivity contribution is 6.34. The Hall–Kier alpha value is -1.95. The van der Waals surface area contributed by atoms with Crippen LogP contribution in [0.2, 0.25) is 5.02 Å². The summed E-state index contributed by atoms with van der Waals surface area (Å²) in [5.74, 6) is 0.495. The van der Waals surface area contributed by atoms with Crippen LogP contribution in [-0.2, 0) is 13.0 Å². The first-order valence-electron chi connectivity index (χ1n) is 9.00. The van der Waals surface area contributed by atoms with Gasteiger partial charge in [0, 0.05) is 32.7 Å². The number of nitrogens with zero attached hydrogens (tertiary/aromatic N) is 3. The molecular weight excluding hydrogens is 351 g/mol. The van der Waals surface area contributed by atoms with Gasteiger partial charge in [-0.1, -0.05) is 41.9 Å². The lowest BCUT2D eigenvalue weighted by atomic mass is 10.1. The van der Waals surface area contributed by atoms with Crippen LogP contribution in [0.25, 0.3) is 11.0 Å². The molecule has 0 unspecified atom stereocenters. The molecule has 136 valence electrons. The lowest BCUT2D eigenvalue weighted by Gasteiger charge is -2.34. The van der Waals surface area contributed by atoms with Crippen molar-refractivity contribution in [3.05, 3.63) is 64.7 Å². The predicted octanol–water partition coefficient (Wildman–Crippen LogP) is 3.72. The number of hydrogen-bond donors (Lipinski definition) is 1. The SMILES string of the molecule is Fc1cc(Cl)c2nc(CN3CCN(CCc4ccccc4)CC3)[nH]c2c1. The first-order valence-corrected chi connectivity index (χ1v) is 9.37. The number of imidazole rings is 1. The summed E-state index contributed by atoms with van der Waals surface area (Å²) in [6.45, 7) is 5.96. The molecule has 1 fully saturated rings. The van der Waals surface area contributed by atoms with E-state index in [1.54, 1.807) is 0 Å². The molecule has 4 rings (SSSR count). The summed E-state index contributed by atoms with van der Waals surface area (Å²) >= 11 is 6.08. The van der Waals surface area contributed by atoms with Gasteiger partial charge in [-0.3, -0.25) is 4.90 Å². The molecule has 2 heterocycles. The van der Waals surface area contributed by atoms with Gasteiger partial charge >= 0.3 is 0 Å². The Labute approximate surface area is 157 Å². The molecule has 0 radical (unpaired) electrons. The van der Waals surface area contributed by atoms with Gasteiger partial charge in [-0.2, -0.15) is 0 Å². The molecule has 1 aliphatic heterocycles. The normalized spacial score (nSPS) is 16.4. The Morgan fingerprint density at radius 2 is 1.77 bits per heavy atom. The van der Waals surface area contributed by atoms with E-state index >= 15 is 0 Å². The minimum absolute atomic E-state index is 0.343. The summed E-state index contributed by atoms with van der Waals surface area (Å²) in [5, 5.41) is 0.355. The van der Waals surface area contributed by atoms with Crippen molar-refractivity contribution in [1.29, 1.82) is 0 Å². The molecule has 0 bridgehead atoms. The van der Waals surface area contributed by atoms with Gasteiger partial charge in [0.15, 0.2) is 0 Å². The molecule has 1 N–H and O–H groups in total. The van der Waals surface area contributed by atoms with Crippen LogP contribution >= 0.6 is 11.6 Å². The molecule has 26 heavy (non-hydrogen) atoms. The number of benzene rings is 2. The van der Waals surface area contributed by atoms with Gasteiger partial charge in [0.2, 0.25) is 0 Å². The van der Waals surface area contributed by atoms with E-state index in [-0.39, 0.29) is 5.82 Å². The number of fused-ring (bicyclic) bond motifs is 1. The van der Waals surface area contributed by atoms with E-state index in [0.29, 0.717) is 16.1 Å². The number of aromatic amines is 1. The van der Waals surface area contributed by atoms with Crippen LogP contribution in [0.3, 0.4) is 0 Å². The second-order valence-corrected chi connectivity index (χ2v) is 7.23. The third-order valence-electron chi connectivity index (χ3n) is 4.95. The quantitative estimate of drug-likeness (QED) is 0.741. The first-order chi connectivity index (χ1) is 12.7. The zero-order chi connectivity index (χ0) is 17.9. The summed E-state index contributed by atoms with van der Waals surface area (Å²) in [6, 6.07) is 13.4. The van der Waals surface area contributed by atoms with Gasteiger partial charge in [-0.25, -0.2) is 9.37 Å². The zero-order valence-corrected chi connectivity index (χ0v) is 15.3. The summed E-state index contributed by atoms with van der Waals surface area (Å²) in [6.07, 6.45) is 1.09. The number of H-pyrrole nitrogens is 1. The van der Waals surface area contributed by atoms with Crippen LogP contribution in [-0.4, -0.2) is 52.5 Å². The molecule has 1 saturated heterocycles. The average Bonchev–Trinajstić information content (AvgIpc) is 3.05. The lowest BCUT2D eigenvalue weighted by molar-refractivity contribution is 0.126. The molecule has 0 amide bonds. The zero-order valence-electron chi connectivity index (χ0n) is 14.6. The summed E-state index contributed by atoms with van der Waals surface area (Å²) in [4.78, 5) is 12.6. The van der Waals surface area contributed by atoms with Gasteiger partial charge in [-0.05, 0) is 24.1 Å².